The molecule has 0 aliphatic heterocycles. The summed E-state index contributed by atoms with van der Waals surface area (Å²) in [6.07, 6.45) is 3.86. The number of hydrogen-bond acceptors (Lipinski definition) is 2. The molecule has 1 heterocycles. The highest BCUT2D eigenvalue weighted by Gasteiger charge is 1.96. The largest absolute Gasteiger partial charge is 0.221 e. The van der Waals surface area contributed by atoms with Crippen LogP contribution in [0.2, 0.25) is 0 Å². The first kappa shape index (κ1) is 6.97. The Hall–Kier alpha value is -1.71. The summed E-state index contributed by atoms with van der Waals surface area (Å²) in [6, 6.07) is 6.12. The van der Waals surface area contributed by atoms with Gasteiger partial charge in [-0.3, -0.25) is 0 Å². The van der Waals surface area contributed by atoms with Crippen LogP contribution in [0.3, 0.4) is 0 Å². The first-order valence-electron chi connectivity index (χ1n) is 3.40. The highest BCUT2D eigenvalue weighted by molar-refractivity contribution is 5.29. The van der Waals surface area contributed by atoms with E-state index in [1.807, 2.05) is 0 Å². The summed E-state index contributed by atoms with van der Waals surface area (Å²) in [7, 11) is 0. The van der Waals surface area contributed by atoms with E-state index < -0.39 is 0 Å². The highest BCUT2D eigenvalue weighted by Crippen LogP contribution is 2.06. The van der Waals surface area contributed by atoms with E-state index in [4.69, 9.17) is 0 Å². The van der Waals surface area contributed by atoms with Gasteiger partial charge in [-0.25, -0.2) is 14.1 Å². The molecule has 0 amide bonds. The topological polar surface area (TPSA) is 30.7 Å². The van der Waals surface area contributed by atoms with Crippen molar-refractivity contribution in [3.63, 3.8) is 0 Å². The predicted octanol–water partition coefficient (Wildman–Crippen LogP) is 1.21. The van der Waals surface area contributed by atoms with E-state index in [1.165, 1.54) is 23.1 Å². The number of rotatable bonds is 1. The van der Waals surface area contributed by atoms with E-state index in [0.717, 1.165) is 0 Å². The fourth-order valence-corrected chi connectivity index (χ4v) is 0.923. The minimum atomic E-state index is -0.289. The molecule has 0 aliphatic rings. The molecule has 4 heteroatoms. The van der Waals surface area contributed by atoms with Crippen LogP contribution < -0.4 is 0 Å². The van der Waals surface area contributed by atoms with Crippen molar-refractivity contribution in [2.24, 2.45) is 0 Å². The normalized spacial score (nSPS) is 10.1. The second-order valence-corrected chi connectivity index (χ2v) is 2.27. The molecule has 0 N–H and O–H groups in total. The summed E-state index contributed by atoms with van der Waals surface area (Å²) < 4.78 is 14.1. The third-order valence-corrected chi connectivity index (χ3v) is 1.45. The standard InChI is InChI=1S/C8H5FN3/c9-7-2-1-3-8(4-7)12-6-10-5-11-12/h1-4,6H. The molecule has 0 bridgehead atoms. The number of halogens is 1. The molecule has 59 valence electrons. The predicted molar refractivity (Wildman–Crippen MR) is 40.2 cm³/mol. The van der Waals surface area contributed by atoms with Crippen LogP contribution in [0.4, 0.5) is 4.39 Å². The van der Waals surface area contributed by atoms with Crippen LogP contribution in [0.15, 0.2) is 30.6 Å². The second-order valence-electron chi connectivity index (χ2n) is 2.27. The lowest BCUT2D eigenvalue weighted by atomic mass is 10.3. The number of hydrogen-bond donors (Lipinski definition) is 0. The lowest BCUT2D eigenvalue weighted by molar-refractivity contribution is 0.625. The quantitative estimate of drug-likeness (QED) is 0.630. The highest BCUT2D eigenvalue weighted by atomic mass is 19.1. The lowest BCUT2D eigenvalue weighted by Crippen LogP contribution is -1.94. The monoisotopic (exact) mass is 162 g/mol. The van der Waals surface area contributed by atoms with E-state index >= 15 is 0 Å². The summed E-state index contributed by atoms with van der Waals surface area (Å²) in [6.45, 7) is 0. The van der Waals surface area contributed by atoms with Gasteiger partial charge in [0.15, 0.2) is 0 Å². The van der Waals surface area contributed by atoms with Gasteiger partial charge in [0.05, 0.1) is 5.69 Å². The molecule has 0 fully saturated rings. The summed E-state index contributed by atoms with van der Waals surface area (Å²) in [5, 5.41) is 3.74. The maximum atomic E-state index is 12.7. The molecule has 2 aromatic rings. The molecule has 1 radical (unpaired) electrons. The molecular formula is C8H5FN3. The van der Waals surface area contributed by atoms with Crippen molar-refractivity contribution in [3.05, 3.63) is 42.7 Å². The minimum absolute atomic E-state index is 0.289. The molecule has 0 atom stereocenters. The zero-order valence-electron chi connectivity index (χ0n) is 6.11. The van der Waals surface area contributed by atoms with Gasteiger partial charge >= 0.3 is 0 Å². The van der Waals surface area contributed by atoms with Gasteiger partial charge in [0.1, 0.15) is 12.1 Å². The van der Waals surface area contributed by atoms with Crippen molar-refractivity contribution in [3.8, 4) is 5.69 Å². The Kier molecular flexibility index (Phi) is 1.59. The molecule has 2 rings (SSSR count). The van der Waals surface area contributed by atoms with Crippen LogP contribution in [-0.2, 0) is 0 Å². The summed E-state index contributed by atoms with van der Waals surface area (Å²) >= 11 is 0. The molecular weight excluding hydrogens is 157 g/mol. The Bertz CT molecular complexity index is 370. The van der Waals surface area contributed by atoms with E-state index in [0.29, 0.717) is 5.69 Å². The van der Waals surface area contributed by atoms with Gasteiger partial charge in [-0.05, 0) is 18.2 Å². The second kappa shape index (κ2) is 2.73. The molecule has 0 saturated heterocycles. The van der Waals surface area contributed by atoms with Gasteiger partial charge < -0.3 is 0 Å². The number of aromatic nitrogens is 3. The maximum Gasteiger partial charge on any atom is 0.221 e. The van der Waals surface area contributed by atoms with Gasteiger partial charge in [0.2, 0.25) is 6.33 Å². The molecule has 1 aromatic carbocycles. The number of benzene rings is 1. The van der Waals surface area contributed by atoms with Gasteiger partial charge in [0.25, 0.3) is 0 Å². The summed E-state index contributed by atoms with van der Waals surface area (Å²) in [4.78, 5) is 3.63. The van der Waals surface area contributed by atoms with E-state index in [9.17, 15) is 4.39 Å². The van der Waals surface area contributed by atoms with E-state index in [1.54, 1.807) is 12.1 Å². The van der Waals surface area contributed by atoms with Crippen LogP contribution in [0.25, 0.3) is 5.69 Å². The van der Waals surface area contributed by atoms with Crippen molar-refractivity contribution in [2.45, 2.75) is 0 Å². The third kappa shape index (κ3) is 1.18. The molecule has 12 heavy (non-hydrogen) atoms. The van der Waals surface area contributed by atoms with E-state index in [2.05, 4.69) is 16.4 Å². The Morgan fingerprint density at radius 2 is 2.33 bits per heavy atom. The lowest BCUT2D eigenvalue weighted by Gasteiger charge is -1.97. The number of nitrogens with zero attached hydrogens (tertiary/aromatic N) is 3. The van der Waals surface area contributed by atoms with Crippen molar-refractivity contribution in [2.75, 3.05) is 0 Å². The first-order chi connectivity index (χ1) is 5.86. The molecule has 1 aromatic heterocycles. The van der Waals surface area contributed by atoms with Crippen molar-refractivity contribution >= 4 is 0 Å². The van der Waals surface area contributed by atoms with Gasteiger partial charge in [-0.2, -0.15) is 0 Å². The van der Waals surface area contributed by atoms with Gasteiger partial charge in [-0.1, -0.05) is 6.07 Å². The Balaban J connectivity index is 2.48. The summed E-state index contributed by atoms with van der Waals surface area (Å²) in [5.41, 5.74) is 0.642. The van der Waals surface area contributed by atoms with E-state index in [-0.39, 0.29) is 5.82 Å². The average Bonchev–Trinajstić information content (AvgIpc) is 2.56. The van der Waals surface area contributed by atoms with Crippen molar-refractivity contribution in [1.82, 2.24) is 14.8 Å². The van der Waals surface area contributed by atoms with Crippen LogP contribution in [0.5, 0.6) is 0 Å². The Morgan fingerprint density at radius 3 is 3.00 bits per heavy atom. The van der Waals surface area contributed by atoms with Crippen LogP contribution in [0.1, 0.15) is 0 Å². The zero-order chi connectivity index (χ0) is 8.39. The SMILES string of the molecule is Fc1cccc(-n2cn[c]n2)c1. The van der Waals surface area contributed by atoms with Crippen LogP contribution in [-0.4, -0.2) is 14.8 Å². The maximum absolute atomic E-state index is 12.7. The third-order valence-electron chi connectivity index (χ3n) is 1.45. The minimum Gasteiger partial charge on any atom is -0.220 e. The van der Waals surface area contributed by atoms with Crippen LogP contribution >= 0.6 is 0 Å². The van der Waals surface area contributed by atoms with Gasteiger partial charge in [0, 0.05) is 0 Å². The molecule has 3 nitrogen and oxygen atoms in total. The molecule has 0 saturated carbocycles. The summed E-state index contributed by atoms with van der Waals surface area (Å²) in [5.74, 6) is -0.289. The fraction of sp³-hybridized carbons (Fsp3) is 0. The molecule has 0 aliphatic carbocycles. The van der Waals surface area contributed by atoms with Gasteiger partial charge in [-0.15, -0.1) is 5.10 Å². The molecule has 0 spiro atoms. The zero-order valence-corrected chi connectivity index (χ0v) is 6.11. The van der Waals surface area contributed by atoms with Crippen molar-refractivity contribution in [1.29, 1.82) is 0 Å². The smallest absolute Gasteiger partial charge is 0.220 e. The average molecular weight is 162 g/mol. The first-order valence-corrected chi connectivity index (χ1v) is 3.40. The molecule has 0 unspecified atom stereocenters. The fourth-order valence-electron chi connectivity index (χ4n) is 0.923. The Morgan fingerprint density at radius 1 is 1.42 bits per heavy atom. The van der Waals surface area contributed by atoms with Crippen molar-refractivity contribution < 1.29 is 4.39 Å². The Labute approximate surface area is 68.5 Å². The van der Waals surface area contributed by atoms with Crippen LogP contribution in [0, 0.1) is 12.1 Å².